The molecule has 0 aromatic heterocycles. The van der Waals surface area contributed by atoms with Crippen LogP contribution in [0.5, 0.6) is 11.5 Å². The van der Waals surface area contributed by atoms with Crippen LogP contribution in [0.15, 0.2) is 12.6 Å². The molecule has 2 saturated carbocycles. The van der Waals surface area contributed by atoms with Crippen LogP contribution in [0.2, 0.25) is 0 Å². The number of hydrogen-bond acceptors (Lipinski definition) is 4. The Morgan fingerprint density at radius 2 is 2.18 bits per heavy atom. The lowest BCUT2D eigenvalue weighted by molar-refractivity contribution is -0.134. The Hall–Kier alpha value is -1.81. The Morgan fingerprint density at radius 1 is 1.39 bits per heavy atom. The third kappa shape index (κ3) is 2.36. The Bertz CT molecular complexity index is 856. The summed E-state index contributed by atoms with van der Waals surface area (Å²) in [7, 11) is 1.69. The molecule has 0 radical (unpaired) electrons. The van der Waals surface area contributed by atoms with E-state index in [0.717, 1.165) is 48.8 Å². The largest absolute Gasteiger partial charge is 0.493 e. The highest BCUT2D eigenvalue weighted by atomic mass is 16.5. The average Bonchev–Trinajstić information content (AvgIpc) is 3.45. The number of nitrogens with one attached hydrogen (secondary N) is 1. The van der Waals surface area contributed by atoms with Crippen molar-refractivity contribution in [1.82, 2.24) is 5.32 Å². The van der Waals surface area contributed by atoms with Crippen molar-refractivity contribution in [3.8, 4) is 11.5 Å². The number of ketones is 1. The lowest BCUT2D eigenvalue weighted by Gasteiger charge is -2.51. The number of benzene rings is 1. The minimum atomic E-state index is -0.371. The number of carbonyl (C=O) groups is 1. The first kappa shape index (κ1) is 18.2. The van der Waals surface area contributed by atoms with Crippen molar-refractivity contribution >= 4 is 11.4 Å². The second-order valence-electron chi connectivity index (χ2n) is 9.25. The molecule has 5 rings (SSSR count). The fourth-order valence-corrected chi connectivity index (χ4v) is 6.21. The van der Waals surface area contributed by atoms with Crippen molar-refractivity contribution < 1.29 is 14.3 Å². The first-order valence-corrected chi connectivity index (χ1v) is 10.8. The van der Waals surface area contributed by atoms with Gasteiger partial charge in [0.2, 0.25) is 0 Å². The van der Waals surface area contributed by atoms with Crippen molar-refractivity contribution in [3.63, 3.8) is 0 Å². The molecular formula is C24H31NO3. The number of ether oxygens (including phenoxy) is 2. The van der Waals surface area contributed by atoms with Crippen LogP contribution in [0.4, 0.5) is 0 Å². The van der Waals surface area contributed by atoms with Gasteiger partial charge in [0, 0.05) is 23.4 Å². The van der Waals surface area contributed by atoms with E-state index >= 15 is 0 Å². The highest BCUT2D eigenvalue weighted by Crippen LogP contribution is 2.62. The molecule has 4 atom stereocenters. The molecule has 1 heterocycles. The summed E-state index contributed by atoms with van der Waals surface area (Å²) in [6.07, 6.45) is 5.80. The van der Waals surface area contributed by atoms with E-state index in [1.165, 1.54) is 29.5 Å². The van der Waals surface area contributed by atoms with Crippen LogP contribution >= 0.6 is 0 Å². The van der Waals surface area contributed by atoms with Crippen LogP contribution in [0.1, 0.15) is 62.6 Å². The van der Waals surface area contributed by atoms with Crippen molar-refractivity contribution in [2.45, 2.75) is 69.9 Å². The number of rotatable bonds is 6. The molecule has 150 valence electrons. The van der Waals surface area contributed by atoms with E-state index < -0.39 is 0 Å². The first-order valence-electron chi connectivity index (χ1n) is 10.8. The van der Waals surface area contributed by atoms with Crippen molar-refractivity contribution in [2.24, 2.45) is 11.8 Å². The molecule has 1 aliphatic heterocycles. The molecule has 1 aromatic rings. The maximum atomic E-state index is 13.0. The van der Waals surface area contributed by atoms with Gasteiger partial charge in [0.05, 0.1) is 7.11 Å². The lowest BCUT2D eigenvalue weighted by Crippen LogP contribution is -2.61. The second kappa shape index (κ2) is 6.35. The highest BCUT2D eigenvalue weighted by molar-refractivity contribution is 5.89. The minimum Gasteiger partial charge on any atom is -0.493 e. The number of hydrogen-bond donors (Lipinski definition) is 1. The van der Waals surface area contributed by atoms with Gasteiger partial charge >= 0.3 is 0 Å². The fraction of sp³-hybridized carbons (Fsp3) is 0.625. The Balaban J connectivity index is 1.71. The zero-order valence-electron chi connectivity index (χ0n) is 17.3. The van der Waals surface area contributed by atoms with Crippen LogP contribution < -0.4 is 14.8 Å². The molecule has 4 nitrogen and oxygen atoms in total. The van der Waals surface area contributed by atoms with Gasteiger partial charge in [-0.3, -0.25) is 4.79 Å². The van der Waals surface area contributed by atoms with Gasteiger partial charge in [0.25, 0.3) is 0 Å². The second-order valence-corrected chi connectivity index (χ2v) is 9.25. The van der Waals surface area contributed by atoms with Crippen LogP contribution in [0.25, 0.3) is 5.57 Å². The summed E-state index contributed by atoms with van der Waals surface area (Å²) < 4.78 is 12.1. The standard InChI is InChI=1S/C24H31NO3/c1-5-24-17-8-9-19(26)23(24)28-22-20(27-4)11-15(13(2)3)16(21(22)24)10-18(17)25-12-14-6-7-14/h11,14,17-18,23,25H,2,5-10,12H2,1,3-4H3/t17?,18?,23?,24-/m1/s1. The normalized spacial score (nSPS) is 32.7. The summed E-state index contributed by atoms with van der Waals surface area (Å²) in [6, 6.07) is 2.46. The van der Waals surface area contributed by atoms with Crippen molar-refractivity contribution in [3.05, 3.63) is 29.3 Å². The number of Topliss-reactive ketones (excluding diaryl/α,β-unsaturated/α-hetero) is 1. The fourth-order valence-electron chi connectivity index (χ4n) is 6.21. The molecule has 4 aliphatic rings. The summed E-state index contributed by atoms with van der Waals surface area (Å²) >= 11 is 0. The van der Waals surface area contributed by atoms with Gasteiger partial charge in [-0.25, -0.2) is 0 Å². The molecule has 4 heteroatoms. The molecule has 0 amide bonds. The monoisotopic (exact) mass is 381 g/mol. The van der Waals surface area contributed by atoms with Gasteiger partial charge in [0.1, 0.15) is 0 Å². The van der Waals surface area contributed by atoms with Gasteiger partial charge < -0.3 is 14.8 Å². The summed E-state index contributed by atoms with van der Waals surface area (Å²) in [6.45, 7) is 9.63. The zero-order chi connectivity index (χ0) is 19.6. The van der Waals surface area contributed by atoms with E-state index in [4.69, 9.17) is 9.47 Å². The van der Waals surface area contributed by atoms with Crippen LogP contribution in [-0.4, -0.2) is 31.6 Å². The van der Waals surface area contributed by atoms with Gasteiger partial charge in [-0.05, 0) is 74.6 Å². The lowest BCUT2D eigenvalue weighted by atomic mass is 9.53. The quantitative estimate of drug-likeness (QED) is 0.808. The van der Waals surface area contributed by atoms with E-state index in [0.29, 0.717) is 18.4 Å². The summed E-state index contributed by atoms with van der Waals surface area (Å²) in [4.78, 5) is 13.0. The van der Waals surface area contributed by atoms with E-state index in [2.05, 4.69) is 31.8 Å². The van der Waals surface area contributed by atoms with Gasteiger partial charge in [-0.2, -0.15) is 0 Å². The maximum absolute atomic E-state index is 13.0. The number of methoxy groups -OCH3 is 1. The van der Waals surface area contributed by atoms with Crippen molar-refractivity contribution in [2.75, 3.05) is 13.7 Å². The number of allylic oxidation sites excluding steroid dienone is 1. The van der Waals surface area contributed by atoms with Crippen LogP contribution in [-0.2, 0) is 16.6 Å². The minimum absolute atomic E-state index is 0.238. The summed E-state index contributed by atoms with van der Waals surface area (Å²) in [5, 5.41) is 3.91. The van der Waals surface area contributed by atoms with E-state index in [1.807, 2.05) is 0 Å². The number of carbonyl (C=O) groups excluding carboxylic acids is 1. The molecule has 1 aromatic carbocycles. The third-order valence-electron chi connectivity index (χ3n) is 7.72. The van der Waals surface area contributed by atoms with Gasteiger partial charge in [-0.1, -0.05) is 19.1 Å². The molecule has 3 unspecified atom stereocenters. The van der Waals surface area contributed by atoms with Crippen LogP contribution in [0, 0.1) is 11.8 Å². The van der Waals surface area contributed by atoms with E-state index in [9.17, 15) is 4.79 Å². The highest BCUT2D eigenvalue weighted by Gasteiger charge is 2.63. The third-order valence-corrected chi connectivity index (χ3v) is 7.72. The molecule has 1 N–H and O–H groups in total. The maximum Gasteiger partial charge on any atom is 0.174 e. The SMILES string of the molecule is C=C(C)c1cc(OC)c2c3c1CC(NCC1CC1)C1CCC(=O)C(O2)[C@@]31CC. The molecule has 3 aliphatic carbocycles. The molecular weight excluding hydrogens is 350 g/mol. The van der Waals surface area contributed by atoms with Gasteiger partial charge in [0.15, 0.2) is 23.4 Å². The predicted octanol–water partition coefficient (Wildman–Crippen LogP) is 4.04. The molecule has 0 spiro atoms. The van der Waals surface area contributed by atoms with Crippen molar-refractivity contribution in [1.29, 1.82) is 0 Å². The summed E-state index contributed by atoms with van der Waals surface area (Å²) in [5.74, 6) is 3.08. The Labute approximate surface area is 167 Å². The van der Waals surface area contributed by atoms with E-state index in [-0.39, 0.29) is 17.3 Å². The van der Waals surface area contributed by atoms with E-state index in [1.54, 1.807) is 7.11 Å². The molecule has 28 heavy (non-hydrogen) atoms. The smallest absolute Gasteiger partial charge is 0.174 e. The Morgan fingerprint density at radius 3 is 2.82 bits per heavy atom. The Kier molecular flexibility index (Phi) is 4.13. The summed E-state index contributed by atoms with van der Waals surface area (Å²) in [5.41, 5.74) is 4.56. The zero-order valence-corrected chi connectivity index (χ0v) is 17.3. The average molecular weight is 382 g/mol. The van der Waals surface area contributed by atoms with Crippen LogP contribution in [0.3, 0.4) is 0 Å². The molecule has 2 fully saturated rings. The predicted molar refractivity (Wildman–Crippen MR) is 110 cm³/mol. The van der Waals surface area contributed by atoms with Gasteiger partial charge in [-0.15, -0.1) is 0 Å². The molecule has 0 bridgehead atoms. The topological polar surface area (TPSA) is 47.6 Å². The first-order chi connectivity index (χ1) is 13.5. The molecule has 0 saturated heterocycles.